The molecule has 1 aliphatic rings. The lowest BCUT2D eigenvalue weighted by Gasteiger charge is -2.31. The van der Waals surface area contributed by atoms with Crippen molar-refractivity contribution < 1.29 is 14.2 Å². The highest BCUT2D eigenvalue weighted by Crippen LogP contribution is 2.42. The monoisotopic (exact) mass is 264 g/mol. The first-order valence-electron chi connectivity index (χ1n) is 6.99. The fraction of sp³-hybridized carbons (Fsp3) is 0.625. The van der Waals surface area contributed by atoms with Crippen LogP contribution in [0, 0.1) is 20.8 Å². The first kappa shape index (κ1) is 14.4. The van der Waals surface area contributed by atoms with Gasteiger partial charge in [0.1, 0.15) is 5.75 Å². The van der Waals surface area contributed by atoms with Gasteiger partial charge in [0.2, 0.25) is 0 Å². The Morgan fingerprint density at radius 3 is 2.32 bits per heavy atom. The highest BCUT2D eigenvalue weighted by Gasteiger charge is 2.40. The molecule has 0 spiro atoms. The van der Waals surface area contributed by atoms with Gasteiger partial charge in [-0.25, -0.2) is 0 Å². The van der Waals surface area contributed by atoms with E-state index in [0.29, 0.717) is 13.2 Å². The van der Waals surface area contributed by atoms with Crippen molar-refractivity contribution in [3.63, 3.8) is 0 Å². The van der Waals surface area contributed by atoms with E-state index in [1.807, 2.05) is 0 Å². The van der Waals surface area contributed by atoms with Crippen LogP contribution in [0.4, 0.5) is 0 Å². The van der Waals surface area contributed by atoms with Crippen LogP contribution < -0.4 is 4.74 Å². The molecule has 0 aromatic heterocycles. The van der Waals surface area contributed by atoms with Crippen molar-refractivity contribution in [2.45, 2.75) is 46.3 Å². The lowest BCUT2D eigenvalue weighted by Crippen LogP contribution is -2.29. The molecule has 0 saturated carbocycles. The van der Waals surface area contributed by atoms with Gasteiger partial charge < -0.3 is 14.2 Å². The number of hydrogen-bond acceptors (Lipinski definition) is 3. The summed E-state index contributed by atoms with van der Waals surface area (Å²) in [6.45, 7) is 9.82. The molecular weight excluding hydrogens is 240 g/mol. The largest absolute Gasteiger partial charge is 0.496 e. The van der Waals surface area contributed by atoms with Crippen LogP contribution in [0.2, 0.25) is 0 Å². The Labute approximate surface area is 115 Å². The average molecular weight is 264 g/mol. The van der Waals surface area contributed by atoms with E-state index in [1.54, 1.807) is 7.11 Å². The van der Waals surface area contributed by atoms with E-state index in [4.69, 9.17) is 14.2 Å². The zero-order valence-corrected chi connectivity index (χ0v) is 12.6. The van der Waals surface area contributed by atoms with Crippen LogP contribution >= 0.6 is 0 Å². The number of benzene rings is 1. The molecule has 3 nitrogen and oxygen atoms in total. The zero-order valence-electron chi connectivity index (χ0n) is 12.6. The Morgan fingerprint density at radius 2 is 1.79 bits per heavy atom. The maximum Gasteiger partial charge on any atom is 0.195 e. The van der Waals surface area contributed by atoms with Crippen molar-refractivity contribution in [1.82, 2.24) is 0 Å². The number of ether oxygens (including phenoxy) is 3. The number of hydrogen-bond donors (Lipinski definition) is 0. The zero-order chi connectivity index (χ0) is 14.0. The Bertz CT molecular complexity index is 460. The minimum absolute atomic E-state index is 0.556. The minimum atomic E-state index is -0.556. The Morgan fingerprint density at radius 1 is 1.16 bits per heavy atom. The smallest absolute Gasteiger partial charge is 0.195 e. The van der Waals surface area contributed by atoms with Gasteiger partial charge >= 0.3 is 0 Å². The third-order valence-corrected chi connectivity index (χ3v) is 3.98. The number of aryl methyl sites for hydroxylation is 1. The van der Waals surface area contributed by atoms with E-state index < -0.39 is 5.79 Å². The quantitative estimate of drug-likeness (QED) is 0.831. The van der Waals surface area contributed by atoms with Gasteiger partial charge in [-0.3, -0.25) is 0 Å². The molecule has 0 unspecified atom stereocenters. The van der Waals surface area contributed by atoms with Gasteiger partial charge in [0.05, 0.1) is 20.3 Å². The van der Waals surface area contributed by atoms with Crippen molar-refractivity contribution in [2.75, 3.05) is 20.3 Å². The van der Waals surface area contributed by atoms with Crippen LogP contribution in [0.3, 0.4) is 0 Å². The molecule has 1 aromatic rings. The minimum Gasteiger partial charge on any atom is -0.496 e. The first-order chi connectivity index (χ1) is 9.05. The first-order valence-corrected chi connectivity index (χ1v) is 6.99. The van der Waals surface area contributed by atoms with Crippen LogP contribution in [-0.4, -0.2) is 20.3 Å². The predicted molar refractivity (Wildman–Crippen MR) is 75.7 cm³/mol. The molecule has 0 radical (unpaired) electrons. The molecule has 1 fully saturated rings. The fourth-order valence-corrected chi connectivity index (χ4v) is 3.04. The van der Waals surface area contributed by atoms with E-state index in [0.717, 1.165) is 24.2 Å². The topological polar surface area (TPSA) is 27.7 Å². The second-order valence-corrected chi connectivity index (χ2v) is 5.22. The number of methoxy groups -OCH3 is 1. The van der Waals surface area contributed by atoms with Crippen LogP contribution in [0.25, 0.3) is 0 Å². The van der Waals surface area contributed by atoms with Crippen LogP contribution in [-0.2, 0) is 15.3 Å². The van der Waals surface area contributed by atoms with E-state index >= 15 is 0 Å². The second-order valence-electron chi connectivity index (χ2n) is 5.22. The molecule has 1 saturated heterocycles. The summed E-state index contributed by atoms with van der Waals surface area (Å²) in [6, 6.07) is 2.08. The molecule has 1 heterocycles. The Kier molecular flexibility index (Phi) is 4.16. The van der Waals surface area contributed by atoms with Crippen molar-refractivity contribution in [2.24, 2.45) is 0 Å². The van der Waals surface area contributed by atoms with Crippen molar-refractivity contribution >= 4 is 0 Å². The summed E-state index contributed by atoms with van der Waals surface area (Å²) in [5, 5.41) is 0. The third-order valence-electron chi connectivity index (χ3n) is 3.98. The average Bonchev–Trinajstić information content (AvgIpc) is 2.83. The summed E-state index contributed by atoms with van der Waals surface area (Å²) >= 11 is 0. The highest BCUT2D eigenvalue weighted by atomic mass is 16.7. The van der Waals surface area contributed by atoms with Gasteiger partial charge in [-0.15, -0.1) is 0 Å². The van der Waals surface area contributed by atoms with Gasteiger partial charge in [-0.1, -0.05) is 13.3 Å². The molecule has 0 N–H and O–H groups in total. The molecule has 3 heteroatoms. The maximum absolute atomic E-state index is 5.99. The van der Waals surface area contributed by atoms with E-state index in [1.165, 1.54) is 16.7 Å². The summed E-state index contributed by atoms with van der Waals surface area (Å²) in [6.07, 6.45) is 1.92. The third kappa shape index (κ3) is 2.37. The van der Waals surface area contributed by atoms with Crippen molar-refractivity contribution in [3.05, 3.63) is 28.3 Å². The molecule has 1 aliphatic heterocycles. The summed E-state index contributed by atoms with van der Waals surface area (Å²) in [5.74, 6) is 0.378. The lowest BCUT2D eigenvalue weighted by atomic mass is 9.89. The van der Waals surface area contributed by atoms with Gasteiger partial charge in [0.25, 0.3) is 0 Å². The molecule has 1 aromatic carbocycles. The molecule has 0 amide bonds. The molecule has 19 heavy (non-hydrogen) atoms. The molecule has 2 rings (SSSR count). The van der Waals surface area contributed by atoms with Crippen molar-refractivity contribution in [1.29, 1.82) is 0 Å². The van der Waals surface area contributed by atoms with Gasteiger partial charge in [0.15, 0.2) is 5.79 Å². The fourth-order valence-electron chi connectivity index (χ4n) is 3.04. The predicted octanol–water partition coefficient (Wildman–Crippen LogP) is 3.62. The van der Waals surface area contributed by atoms with Crippen LogP contribution in [0.15, 0.2) is 6.07 Å². The van der Waals surface area contributed by atoms with Gasteiger partial charge in [0, 0.05) is 12.0 Å². The highest BCUT2D eigenvalue weighted by molar-refractivity contribution is 5.50. The lowest BCUT2D eigenvalue weighted by molar-refractivity contribution is -0.171. The molecule has 0 aliphatic carbocycles. The van der Waals surface area contributed by atoms with E-state index in [2.05, 4.69) is 33.8 Å². The summed E-state index contributed by atoms with van der Waals surface area (Å²) in [5.41, 5.74) is 4.74. The molecule has 0 atom stereocenters. The van der Waals surface area contributed by atoms with Crippen LogP contribution in [0.1, 0.15) is 42.0 Å². The SMILES string of the molecule is CCCC1(c2c(C)cc(OC)c(C)c2C)OCCO1. The normalized spacial score (nSPS) is 17.7. The molecular formula is C16H24O3. The second kappa shape index (κ2) is 5.51. The Hall–Kier alpha value is -1.06. The summed E-state index contributed by atoms with van der Waals surface area (Å²) < 4.78 is 17.4. The van der Waals surface area contributed by atoms with Crippen molar-refractivity contribution in [3.8, 4) is 5.75 Å². The van der Waals surface area contributed by atoms with Crippen LogP contribution in [0.5, 0.6) is 5.75 Å². The van der Waals surface area contributed by atoms with Gasteiger partial charge in [-0.2, -0.15) is 0 Å². The van der Waals surface area contributed by atoms with Gasteiger partial charge in [-0.05, 0) is 43.5 Å². The van der Waals surface area contributed by atoms with E-state index in [-0.39, 0.29) is 0 Å². The number of rotatable bonds is 4. The standard InChI is InChI=1S/C16H24O3/c1-6-7-16(18-8-9-19-16)15-11(2)10-14(17-5)12(3)13(15)4/h10H,6-9H2,1-5H3. The molecule has 0 bridgehead atoms. The summed E-state index contributed by atoms with van der Waals surface area (Å²) in [7, 11) is 1.71. The van der Waals surface area contributed by atoms with E-state index in [9.17, 15) is 0 Å². The Balaban J connectivity index is 2.57. The maximum atomic E-state index is 5.99. The summed E-state index contributed by atoms with van der Waals surface area (Å²) in [4.78, 5) is 0. The molecule has 106 valence electrons.